The highest BCUT2D eigenvalue weighted by atomic mass is 16.2. The number of hydrogen-bond acceptors (Lipinski definition) is 3. The summed E-state index contributed by atoms with van der Waals surface area (Å²) in [5.41, 5.74) is 6.38. The fourth-order valence-corrected chi connectivity index (χ4v) is 2.06. The largest absolute Gasteiger partial charge is 0.384 e. The molecule has 1 aromatic rings. The van der Waals surface area contributed by atoms with Crippen molar-refractivity contribution in [2.75, 3.05) is 17.2 Å². The molecule has 1 amide bonds. The zero-order valence-corrected chi connectivity index (χ0v) is 9.52. The summed E-state index contributed by atoms with van der Waals surface area (Å²) in [6.45, 7) is 2.91. The van der Waals surface area contributed by atoms with E-state index in [9.17, 15) is 4.79 Å². The Morgan fingerprint density at radius 3 is 3.00 bits per heavy atom. The summed E-state index contributed by atoms with van der Waals surface area (Å²) < 4.78 is 0. The van der Waals surface area contributed by atoms with Gasteiger partial charge in [0.15, 0.2) is 0 Å². The summed E-state index contributed by atoms with van der Waals surface area (Å²) in [5.74, 6) is 1.16. The van der Waals surface area contributed by atoms with Crippen molar-refractivity contribution in [3.8, 4) is 0 Å². The Labute approximate surface area is 95.5 Å². The van der Waals surface area contributed by atoms with Crippen LogP contribution < -0.4 is 10.6 Å². The molecule has 1 aliphatic heterocycles. The summed E-state index contributed by atoms with van der Waals surface area (Å²) in [7, 11) is 0. The molecule has 2 N–H and O–H groups in total. The molecule has 0 aliphatic carbocycles. The number of anilines is 2. The molecular weight excluding hydrogens is 202 g/mol. The molecular formula is C12H17N3O. The number of carbonyl (C=O) groups is 1. The van der Waals surface area contributed by atoms with Gasteiger partial charge < -0.3 is 10.6 Å². The highest BCUT2D eigenvalue weighted by Gasteiger charge is 2.22. The number of hydrogen-bond donors (Lipinski definition) is 1. The first-order chi connectivity index (χ1) is 7.66. The van der Waals surface area contributed by atoms with Crippen LogP contribution in [-0.2, 0) is 4.79 Å². The minimum atomic E-state index is 0.191. The monoisotopic (exact) mass is 219 g/mol. The molecule has 4 nitrogen and oxygen atoms in total. The van der Waals surface area contributed by atoms with E-state index in [2.05, 4.69) is 11.9 Å². The highest BCUT2D eigenvalue weighted by molar-refractivity contribution is 5.93. The van der Waals surface area contributed by atoms with Crippen molar-refractivity contribution in [3.63, 3.8) is 0 Å². The number of carbonyl (C=O) groups excluding carboxylic acids is 1. The zero-order valence-electron chi connectivity index (χ0n) is 9.52. The fraction of sp³-hybridized carbons (Fsp3) is 0.500. The molecule has 1 saturated heterocycles. The first-order valence-corrected chi connectivity index (χ1v) is 5.68. The molecule has 1 atom stereocenters. The van der Waals surface area contributed by atoms with Gasteiger partial charge in [0, 0.05) is 13.0 Å². The minimum Gasteiger partial charge on any atom is -0.384 e. The molecule has 16 heavy (non-hydrogen) atoms. The second-order valence-corrected chi connectivity index (χ2v) is 4.44. The van der Waals surface area contributed by atoms with Crippen LogP contribution in [-0.4, -0.2) is 17.4 Å². The van der Waals surface area contributed by atoms with Gasteiger partial charge in [0.05, 0.1) is 11.9 Å². The Balaban J connectivity index is 2.19. The first-order valence-electron chi connectivity index (χ1n) is 5.68. The standard InChI is InChI=1S/C12H17N3O/c1-9-3-2-6-15(12(16)7-9)10-4-5-11(13)14-8-10/h4-5,8-9H,2-3,6-7H2,1H3,(H2,13,14). The Bertz CT molecular complexity index is 374. The van der Waals surface area contributed by atoms with Crippen LogP contribution in [0.1, 0.15) is 26.2 Å². The molecule has 0 spiro atoms. The SMILES string of the molecule is CC1CCCN(c2ccc(N)nc2)C(=O)C1. The van der Waals surface area contributed by atoms with Gasteiger partial charge in [0.25, 0.3) is 0 Å². The number of amides is 1. The second-order valence-electron chi connectivity index (χ2n) is 4.44. The van der Waals surface area contributed by atoms with Crippen LogP contribution in [0.3, 0.4) is 0 Å². The molecule has 0 bridgehead atoms. The van der Waals surface area contributed by atoms with Crippen LogP contribution in [0.2, 0.25) is 0 Å². The topological polar surface area (TPSA) is 59.2 Å². The molecule has 1 fully saturated rings. The Morgan fingerprint density at radius 1 is 1.50 bits per heavy atom. The van der Waals surface area contributed by atoms with Crippen molar-refractivity contribution in [1.82, 2.24) is 4.98 Å². The normalized spacial score (nSPS) is 21.9. The molecule has 0 saturated carbocycles. The predicted molar refractivity (Wildman–Crippen MR) is 64.0 cm³/mol. The maximum atomic E-state index is 12.0. The molecule has 1 aromatic heterocycles. The van der Waals surface area contributed by atoms with Crippen molar-refractivity contribution in [1.29, 1.82) is 0 Å². The lowest BCUT2D eigenvalue weighted by molar-refractivity contribution is -0.119. The average molecular weight is 219 g/mol. The fourth-order valence-electron chi connectivity index (χ4n) is 2.06. The van der Waals surface area contributed by atoms with Crippen LogP contribution in [0.25, 0.3) is 0 Å². The summed E-state index contributed by atoms with van der Waals surface area (Å²) in [5, 5.41) is 0. The summed E-state index contributed by atoms with van der Waals surface area (Å²) in [6.07, 6.45) is 4.47. The van der Waals surface area contributed by atoms with Gasteiger partial charge in [-0.1, -0.05) is 6.92 Å². The summed E-state index contributed by atoms with van der Waals surface area (Å²) in [4.78, 5) is 17.8. The summed E-state index contributed by atoms with van der Waals surface area (Å²) in [6, 6.07) is 3.59. The van der Waals surface area contributed by atoms with Gasteiger partial charge in [-0.05, 0) is 30.9 Å². The van der Waals surface area contributed by atoms with E-state index in [0.29, 0.717) is 18.2 Å². The van der Waals surface area contributed by atoms with Gasteiger partial charge in [-0.15, -0.1) is 0 Å². The van der Waals surface area contributed by atoms with Gasteiger partial charge >= 0.3 is 0 Å². The molecule has 1 aliphatic rings. The molecule has 0 radical (unpaired) electrons. The Hall–Kier alpha value is -1.58. The summed E-state index contributed by atoms with van der Waals surface area (Å²) >= 11 is 0. The van der Waals surface area contributed by atoms with Crippen molar-refractivity contribution in [3.05, 3.63) is 18.3 Å². The van der Waals surface area contributed by atoms with Crippen LogP contribution in [0.15, 0.2) is 18.3 Å². The van der Waals surface area contributed by atoms with Crippen LogP contribution in [0, 0.1) is 5.92 Å². The van der Waals surface area contributed by atoms with E-state index in [4.69, 9.17) is 5.73 Å². The molecule has 86 valence electrons. The van der Waals surface area contributed by atoms with E-state index < -0.39 is 0 Å². The molecule has 4 heteroatoms. The van der Waals surface area contributed by atoms with Crippen LogP contribution in [0.5, 0.6) is 0 Å². The van der Waals surface area contributed by atoms with E-state index in [1.165, 1.54) is 0 Å². The third-order valence-electron chi connectivity index (χ3n) is 2.99. The molecule has 1 unspecified atom stereocenters. The van der Waals surface area contributed by atoms with E-state index in [0.717, 1.165) is 25.1 Å². The first kappa shape index (κ1) is 10.9. The number of rotatable bonds is 1. The Morgan fingerprint density at radius 2 is 2.31 bits per heavy atom. The number of nitrogens with zero attached hydrogens (tertiary/aromatic N) is 2. The second kappa shape index (κ2) is 4.51. The smallest absolute Gasteiger partial charge is 0.227 e. The third-order valence-corrected chi connectivity index (χ3v) is 2.99. The van der Waals surface area contributed by atoms with Gasteiger partial charge in [-0.3, -0.25) is 4.79 Å². The molecule has 2 rings (SSSR count). The van der Waals surface area contributed by atoms with E-state index in [1.807, 2.05) is 11.0 Å². The quantitative estimate of drug-likeness (QED) is 0.783. The maximum absolute atomic E-state index is 12.0. The predicted octanol–water partition coefficient (Wildman–Crippen LogP) is 1.82. The van der Waals surface area contributed by atoms with E-state index in [-0.39, 0.29) is 5.91 Å². The van der Waals surface area contributed by atoms with Gasteiger partial charge in [0.1, 0.15) is 5.82 Å². The lowest BCUT2D eigenvalue weighted by Gasteiger charge is -2.20. The number of nitrogens with two attached hydrogens (primary N) is 1. The average Bonchev–Trinajstić information content (AvgIpc) is 2.41. The lowest BCUT2D eigenvalue weighted by atomic mass is 10.0. The van der Waals surface area contributed by atoms with Crippen LogP contribution >= 0.6 is 0 Å². The number of aromatic nitrogens is 1. The number of nitrogen functional groups attached to an aromatic ring is 1. The maximum Gasteiger partial charge on any atom is 0.227 e. The zero-order chi connectivity index (χ0) is 11.5. The minimum absolute atomic E-state index is 0.191. The third kappa shape index (κ3) is 2.32. The van der Waals surface area contributed by atoms with Gasteiger partial charge in [-0.2, -0.15) is 0 Å². The lowest BCUT2D eigenvalue weighted by Crippen LogP contribution is -2.30. The van der Waals surface area contributed by atoms with Crippen molar-refractivity contribution < 1.29 is 4.79 Å². The number of pyridine rings is 1. The highest BCUT2D eigenvalue weighted by Crippen LogP contribution is 2.23. The van der Waals surface area contributed by atoms with Crippen molar-refractivity contribution in [2.24, 2.45) is 5.92 Å². The van der Waals surface area contributed by atoms with Crippen molar-refractivity contribution >= 4 is 17.4 Å². The van der Waals surface area contributed by atoms with E-state index in [1.54, 1.807) is 12.3 Å². The van der Waals surface area contributed by atoms with Gasteiger partial charge in [-0.25, -0.2) is 4.98 Å². The Kier molecular flexibility index (Phi) is 3.08. The van der Waals surface area contributed by atoms with E-state index >= 15 is 0 Å². The molecule has 0 aromatic carbocycles. The van der Waals surface area contributed by atoms with Crippen LogP contribution in [0.4, 0.5) is 11.5 Å². The van der Waals surface area contributed by atoms with Gasteiger partial charge in [0.2, 0.25) is 5.91 Å². The van der Waals surface area contributed by atoms with Crippen molar-refractivity contribution in [2.45, 2.75) is 26.2 Å². The molecule has 2 heterocycles.